The lowest BCUT2D eigenvalue weighted by Gasteiger charge is -2.27. The molecular formula is C21H24BrNO3. The number of benzene rings is 2. The van der Waals surface area contributed by atoms with E-state index in [1.54, 1.807) is 0 Å². The highest BCUT2D eigenvalue weighted by atomic mass is 79.9. The lowest BCUT2D eigenvalue weighted by molar-refractivity contribution is -0.142. The normalized spacial score (nSPS) is 20.0. The summed E-state index contributed by atoms with van der Waals surface area (Å²) in [5, 5.41) is 3.14. The fourth-order valence-corrected chi connectivity index (χ4v) is 3.77. The van der Waals surface area contributed by atoms with Crippen LogP contribution in [0.2, 0.25) is 0 Å². The fraction of sp³-hybridized carbons (Fsp3) is 0.381. The van der Waals surface area contributed by atoms with Gasteiger partial charge in [0.15, 0.2) is 0 Å². The maximum atomic E-state index is 11.6. The van der Waals surface area contributed by atoms with E-state index in [4.69, 9.17) is 9.47 Å². The molecule has 0 aromatic heterocycles. The molecule has 0 amide bonds. The molecule has 1 N–H and O–H groups in total. The molecule has 0 unspecified atom stereocenters. The zero-order valence-electron chi connectivity index (χ0n) is 15.3. The highest BCUT2D eigenvalue weighted by molar-refractivity contribution is 9.10. The van der Waals surface area contributed by atoms with Crippen LogP contribution in [-0.2, 0) is 14.9 Å². The number of carbonyl (C=O) groups is 1. The van der Waals surface area contributed by atoms with Crippen LogP contribution in [0, 0.1) is 0 Å². The van der Waals surface area contributed by atoms with Crippen molar-refractivity contribution in [2.45, 2.75) is 37.8 Å². The summed E-state index contributed by atoms with van der Waals surface area (Å²) in [5.74, 6) is 0.546. The SMILES string of the molecule is COC(=O)[C@@H]1C[C@H](Oc2ccc(C(C)(C)c3ccccc3)cc2Br)CN1. The minimum Gasteiger partial charge on any atom is -0.488 e. The molecule has 2 atom stereocenters. The molecule has 2 aromatic carbocycles. The highest BCUT2D eigenvalue weighted by Crippen LogP contribution is 2.36. The van der Waals surface area contributed by atoms with E-state index in [9.17, 15) is 4.79 Å². The molecule has 3 rings (SSSR count). The molecule has 0 bridgehead atoms. The van der Waals surface area contributed by atoms with Crippen molar-refractivity contribution in [3.63, 3.8) is 0 Å². The Labute approximate surface area is 163 Å². The van der Waals surface area contributed by atoms with Gasteiger partial charge < -0.3 is 14.8 Å². The van der Waals surface area contributed by atoms with Crippen molar-refractivity contribution in [2.75, 3.05) is 13.7 Å². The van der Waals surface area contributed by atoms with Crippen molar-refractivity contribution in [3.05, 3.63) is 64.1 Å². The standard InChI is InChI=1S/C21H24BrNO3/c1-21(2,14-7-5-4-6-8-14)15-9-10-19(17(22)11-15)26-16-12-18(23-13-16)20(24)25-3/h4-11,16,18,23H,12-13H2,1-3H3/t16-,18-/m0/s1. The summed E-state index contributed by atoms with van der Waals surface area (Å²) in [5.41, 5.74) is 2.37. The van der Waals surface area contributed by atoms with E-state index < -0.39 is 0 Å². The number of carbonyl (C=O) groups excluding carboxylic acids is 1. The van der Waals surface area contributed by atoms with Gasteiger partial charge in [0.1, 0.15) is 17.9 Å². The Hall–Kier alpha value is -1.85. The zero-order chi connectivity index (χ0) is 18.7. The molecule has 2 aromatic rings. The summed E-state index contributed by atoms with van der Waals surface area (Å²) < 4.78 is 11.8. The maximum absolute atomic E-state index is 11.6. The smallest absolute Gasteiger partial charge is 0.323 e. The predicted octanol–water partition coefficient (Wildman–Crippen LogP) is 4.06. The van der Waals surface area contributed by atoms with Gasteiger partial charge in [0.05, 0.1) is 11.6 Å². The number of hydrogen-bond donors (Lipinski definition) is 1. The topological polar surface area (TPSA) is 47.6 Å². The third kappa shape index (κ3) is 3.94. The first-order valence-corrected chi connectivity index (χ1v) is 9.54. The monoisotopic (exact) mass is 417 g/mol. The largest absolute Gasteiger partial charge is 0.488 e. The zero-order valence-corrected chi connectivity index (χ0v) is 16.9. The van der Waals surface area contributed by atoms with E-state index >= 15 is 0 Å². The molecule has 0 saturated carbocycles. The molecule has 0 aliphatic carbocycles. The highest BCUT2D eigenvalue weighted by Gasteiger charge is 2.32. The Morgan fingerprint density at radius 3 is 2.54 bits per heavy atom. The Balaban J connectivity index is 1.73. The number of rotatable bonds is 5. The van der Waals surface area contributed by atoms with E-state index in [1.807, 2.05) is 12.1 Å². The number of ether oxygens (including phenoxy) is 2. The average Bonchev–Trinajstić information content (AvgIpc) is 3.12. The van der Waals surface area contributed by atoms with Gasteiger partial charge in [-0.25, -0.2) is 0 Å². The van der Waals surface area contributed by atoms with Crippen molar-refractivity contribution in [1.82, 2.24) is 5.32 Å². The molecule has 138 valence electrons. The van der Waals surface area contributed by atoms with Crippen molar-refractivity contribution in [1.29, 1.82) is 0 Å². The second-order valence-electron chi connectivity index (χ2n) is 7.10. The third-order valence-electron chi connectivity index (χ3n) is 5.02. The number of methoxy groups -OCH3 is 1. The van der Waals surface area contributed by atoms with Gasteiger partial charge in [-0.2, -0.15) is 0 Å². The Kier molecular flexibility index (Phi) is 5.68. The van der Waals surface area contributed by atoms with E-state index in [-0.39, 0.29) is 23.5 Å². The van der Waals surface area contributed by atoms with Crippen LogP contribution in [0.5, 0.6) is 5.75 Å². The number of halogens is 1. The summed E-state index contributed by atoms with van der Waals surface area (Å²) in [4.78, 5) is 11.6. The van der Waals surface area contributed by atoms with Crippen molar-refractivity contribution < 1.29 is 14.3 Å². The number of nitrogens with one attached hydrogen (secondary N) is 1. The Bertz CT molecular complexity index is 776. The quantitative estimate of drug-likeness (QED) is 0.745. The summed E-state index contributed by atoms with van der Waals surface area (Å²) in [6.45, 7) is 5.06. The van der Waals surface area contributed by atoms with E-state index in [2.05, 4.69) is 71.5 Å². The van der Waals surface area contributed by atoms with Crippen LogP contribution in [0.3, 0.4) is 0 Å². The van der Waals surface area contributed by atoms with E-state index in [0.717, 1.165) is 10.2 Å². The summed E-state index contributed by atoms with van der Waals surface area (Å²) in [6.07, 6.45) is 0.555. The lowest BCUT2D eigenvalue weighted by Crippen LogP contribution is -2.31. The van der Waals surface area contributed by atoms with Crippen LogP contribution in [0.25, 0.3) is 0 Å². The van der Waals surface area contributed by atoms with Crippen LogP contribution in [0.15, 0.2) is 53.0 Å². The molecule has 4 nitrogen and oxygen atoms in total. The molecule has 1 saturated heterocycles. The minimum atomic E-state index is -0.292. The van der Waals surface area contributed by atoms with Gasteiger partial charge in [0.25, 0.3) is 0 Å². The number of hydrogen-bond acceptors (Lipinski definition) is 4. The second-order valence-corrected chi connectivity index (χ2v) is 7.95. The van der Waals surface area contributed by atoms with Gasteiger partial charge in [-0.1, -0.05) is 50.2 Å². The van der Waals surface area contributed by atoms with Gasteiger partial charge >= 0.3 is 5.97 Å². The molecule has 1 aliphatic heterocycles. The predicted molar refractivity (Wildman–Crippen MR) is 106 cm³/mol. The summed E-state index contributed by atoms with van der Waals surface area (Å²) in [7, 11) is 1.40. The molecule has 0 radical (unpaired) electrons. The van der Waals surface area contributed by atoms with Crippen LogP contribution in [0.4, 0.5) is 0 Å². The van der Waals surface area contributed by atoms with Gasteiger partial charge in [-0.05, 0) is 39.2 Å². The summed E-state index contributed by atoms with van der Waals surface area (Å²) >= 11 is 3.64. The van der Waals surface area contributed by atoms with Gasteiger partial charge in [-0.3, -0.25) is 4.79 Å². The first-order valence-electron chi connectivity index (χ1n) is 8.75. The van der Waals surface area contributed by atoms with Crippen LogP contribution < -0.4 is 10.1 Å². The molecule has 1 fully saturated rings. The molecule has 26 heavy (non-hydrogen) atoms. The lowest BCUT2D eigenvalue weighted by atomic mass is 9.78. The Morgan fingerprint density at radius 2 is 1.88 bits per heavy atom. The van der Waals surface area contributed by atoms with Gasteiger partial charge in [0.2, 0.25) is 0 Å². The first kappa shape index (κ1) is 18.9. The van der Waals surface area contributed by atoms with Crippen molar-refractivity contribution >= 4 is 21.9 Å². The Morgan fingerprint density at radius 1 is 1.15 bits per heavy atom. The van der Waals surface area contributed by atoms with Crippen LogP contribution in [-0.4, -0.2) is 31.8 Å². The maximum Gasteiger partial charge on any atom is 0.323 e. The van der Waals surface area contributed by atoms with Crippen molar-refractivity contribution in [3.8, 4) is 5.75 Å². The van der Waals surface area contributed by atoms with E-state index in [1.165, 1.54) is 18.2 Å². The number of esters is 1. The molecule has 1 heterocycles. The minimum absolute atomic E-state index is 0.0524. The molecule has 0 spiro atoms. The summed E-state index contributed by atoms with van der Waals surface area (Å²) in [6, 6.07) is 16.4. The van der Waals surface area contributed by atoms with Crippen molar-refractivity contribution in [2.24, 2.45) is 0 Å². The molecule has 1 aliphatic rings. The van der Waals surface area contributed by atoms with Crippen LogP contribution >= 0.6 is 15.9 Å². The fourth-order valence-electron chi connectivity index (χ4n) is 3.30. The molecular weight excluding hydrogens is 394 g/mol. The third-order valence-corrected chi connectivity index (χ3v) is 5.64. The second kappa shape index (κ2) is 7.80. The van der Waals surface area contributed by atoms with Gasteiger partial charge in [-0.15, -0.1) is 0 Å². The molecule has 5 heteroatoms. The van der Waals surface area contributed by atoms with Gasteiger partial charge in [0, 0.05) is 18.4 Å². The first-order chi connectivity index (χ1) is 12.4. The average molecular weight is 418 g/mol. The van der Waals surface area contributed by atoms with E-state index in [0.29, 0.717) is 13.0 Å². The van der Waals surface area contributed by atoms with Crippen LogP contribution in [0.1, 0.15) is 31.4 Å².